The van der Waals surface area contributed by atoms with Crippen molar-refractivity contribution >= 4 is 5.78 Å². The molecule has 2 aromatic heterocycles. The van der Waals surface area contributed by atoms with Crippen molar-refractivity contribution in [2.75, 3.05) is 0 Å². The van der Waals surface area contributed by atoms with Gasteiger partial charge in [-0.3, -0.25) is 14.8 Å². The highest BCUT2D eigenvalue weighted by atomic mass is 19.1. The maximum atomic E-state index is 13.7. The fourth-order valence-corrected chi connectivity index (χ4v) is 3.38. The number of benzene rings is 2. The van der Waals surface area contributed by atoms with Crippen LogP contribution in [-0.4, -0.2) is 15.8 Å². The number of rotatable bonds is 6. The fraction of sp³-hybridized carbons (Fsp3) is 0.115. The largest absolute Gasteiger partial charge is 0.457 e. The van der Waals surface area contributed by atoms with Crippen LogP contribution in [0.1, 0.15) is 27.2 Å². The monoisotopic (exact) mass is 412 g/mol. The van der Waals surface area contributed by atoms with Gasteiger partial charge in [0.25, 0.3) is 0 Å². The second kappa shape index (κ2) is 8.88. The predicted molar refractivity (Wildman–Crippen MR) is 118 cm³/mol. The van der Waals surface area contributed by atoms with Crippen LogP contribution >= 0.6 is 0 Å². The summed E-state index contributed by atoms with van der Waals surface area (Å²) in [4.78, 5) is 21.0. The van der Waals surface area contributed by atoms with Gasteiger partial charge in [0, 0.05) is 35.4 Å². The average Bonchev–Trinajstić information content (AvgIpc) is 2.78. The summed E-state index contributed by atoms with van der Waals surface area (Å²) >= 11 is 0. The van der Waals surface area contributed by atoms with Gasteiger partial charge in [-0.2, -0.15) is 0 Å². The van der Waals surface area contributed by atoms with Crippen LogP contribution in [0.4, 0.5) is 4.39 Å². The molecule has 0 radical (unpaired) electrons. The van der Waals surface area contributed by atoms with Gasteiger partial charge < -0.3 is 4.74 Å². The topological polar surface area (TPSA) is 52.1 Å². The lowest BCUT2D eigenvalue weighted by atomic mass is 9.99. The molecule has 0 aliphatic carbocycles. The van der Waals surface area contributed by atoms with Crippen molar-refractivity contribution in [1.29, 1.82) is 0 Å². The molecule has 0 atom stereocenters. The molecule has 0 aliphatic rings. The van der Waals surface area contributed by atoms with E-state index in [1.54, 1.807) is 49.8 Å². The number of pyridine rings is 2. The highest BCUT2D eigenvalue weighted by Gasteiger charge is 2.13. The first-order valence-corrected chi connectivity index (χ1v) is 9.93. The van der Waals surface area contributed by atoms with E-state index in [0.29, 0.717) is 28.3 Å². The highest BCUT2D eigenvalue weighted by Crippen LogP contribution is 2.30. The van der Waals surface area contributed by atoms with Gasteiger partial charge in [-0.05, 0) is 66.9 Å². The summed E-state index contributed by atoms with van der Waals surface area (Å²) in [6.07, 6.45) is 5.23. The van der Waals surface area contributed by atoms with Gasteiger partial charge in [0.1, 0.15) is 17.3 Å². The first kappa shape index (κ1) is 20.4. The number of nitrogens with zero attached hydrogens (tertiary/aromatic N) is 2. The Morgan fingerprint density at radius 1 is 0.968 bits per heavy atom. The number of ether oxygens (including phenoxy) is 1. The van der Waals surface area contributed by atoms with E-state index in [1.165, 1.54) is 6.07 Å². The van der Waals surface area contributed by atoms with Gasteiger partial charge in [-0.25, -0.2) is 4.39 Å². The van der Waals surface area contributed by atoms with E-state index in [0.717, 1.165) is 16.7 Å². The van der Waals surface area contributed by atoms with E-state index in [4.69, 9.17) is 4.74 Å². The molecule has 0 spiro atoms. The van der Waals surface area contributed by atoms with Crippen LogP contribution in [0.2, 0.25) is 0 Å². The van der Waals surface area contributed by atoms with Crippen molar-refractivity contribution in [2.45, 2.75) is 20.3 Å². The normalized spacial score (nSPS) is 10.7. The molecular formula is C26H21FN2O2. The third-order valence-electron chi connectivity index (χ3n) is 5.14. The molecule has 4 aromatic rings. The van der Waals surface area contributed by atoms with E-state index in [2.05, 4.69) is 9.97 Å². The van der Waals surface area contributed by atoms with Crippen LogP contribution in [-0.2, 0) is 6.42 Å². The number of Topliss-reactive ketones (excluding diaryl/α,β-unsaturated/α-hetero) is 1. The number of carbonyl (C=O) groups is 1. The van der Waals surface area contributed by atoms with Crippen molar-refractivity contribution in [2.24, 2.45) is 0 Å². The second-order valence-electron chi connectivity index (χ2n) is 7.31. The van der Waals surface area contributed by atoms with Crippen LogP contribution in [0.5, 0.6) is 11.5 Å². The lowest BCUT2D eigenvalue weighted by Crippen LogP contribution is -2.08. The molecule has 5 heteroatoms. The molecule has 0 fully saturated rings. The minimum absolute atomic E-state index is 0.120. The van der Waals surface area contributed by atoms with Gasteiger partial charge in [-0.1, -0.05) is 24.3 Å². The molecule has 0 unspecified atom stereocenters. The lowest BCUT2D eigenvalue weighted by Gasteiger charge is -2.11. The first-order valence-electron chi connectivity index (χ1n) is 9.93. The fourth-order valence-electron chi connectivity index (χ4n) is 3.38. The van der Waals surface area contributed by atoms with Gasteiger partial charge in [0.15, 0.2) is 5.78 Å². The Hall–Kier alpha value is -3.86. The molecule has 4 rings (SSSR count). The zero-order valence-electron chi connectivity index (χ0n) is 17.3. The standard InChI is InChI=1S/C26H21FN2O2/c1-17-6-9-22(31-21-10-12-28-13-11-21)15-24(17)19-7-8-20(29-16-19)14-26(30)23-4-3-5-25(27)18(23)2/h3-13,15-16H,14H2,1-2H3. The number of aryl methyl sites for hydroxylation is 1. The Morgan fingerprint density at radius 3 is 2.52 bits per heavy atom. The Labute approximate surface area is 180 Å². The van der Waals surface area contributed by atoms with Crippen LogP contribution < -0.4 is 4.74 Å². The molecule has 0 amide bonds. The summed E-state index contributed by atoms with van der Waals surface area (Å²) < 4.78 is 19.7. The van der Waals surface area contributed by atoms with Gasteiger partial charge in [-0.15, -0.1) is 0 Å². The van der Waals surface area contributed by atoms with Crippen molar-refractivity contribution in [1.82, 2.24) is 9.97 Å². The summed E-state index contributed by atoms with van der Waals surface area (Å²) in [7, 11) is 0. The van der Waals surface area contributed by atoms with Crippen LogP contribution in [0.25, 0.3) is 11.1 Å². The van der Waals surface area contributed by atoms with Crippen molar-refractivity contribution in [3.8, 4) is 22.6 Å². The zero-order valence-corrected chi connectivity index (χ0v) is 17.3. The van der Waals surface area contributed by atoms with Gasteiger partial charge in [0.05, 0.1) is 6.42 Å². The molecule has 154 valence electrons. The van der Waals surface area contributed by atoms with Gasteiger partial charge in [0.2, 0.25) is 0 Å². The molecule has 0 bridgehead atoms. The Bertz CT molecular complexity index is 1220. The third kappa shape index (κ3) is 4.67. The van der Waals surface area contributed by atoms with E-state index in [-0.39, 0.29) is 18.0 Å². The molecule has 31 heavy (non-hydrogen) atoms. The Kier molecular flexibility index (Phi) is 5.85. The molecule has 0 saturated carbocycles. The van der Waals surface area contributed by atoms with Crippen LogP contribution in [0, 0.1) is 19.7 Å². The van der Waals surface area contributed by atoms with Crippen LogP contribution in [0.15, 0.2) is 79.3 Å². The Balaban J connectivity index is 1.53. The number of hydrogen-bond donors (Lipinski definition) is 0. The average molecular weight is 412 g/mol. The molecule has 4 nitrogen and oxygen atoms in total. The van der Waals surface area contributed by atoms with E-state index < -0.39 is 0 Å². The van der Waals surface area contributed by atoms with E-state index in [1.807, 2.05) is 37.3 Å². The number of carbonyl (C=O) groups excluding carboxylic acids is 1. The first-order chi connectivity index (χ1) is 15.0. The quantitative estimate of drug-likeness (QED) is 0.358. The molecule has 2 aromatic carbocycles. The second-order valence-corrected chi connectivity index (χ2v) is 7.31. The highest BCUT2D eigenvalue weighted by molar-refractivity contribution is 5.98. The summed E-state index contributed by atoms with van der Waals surface area (Å²) in [5.74, 6) is 0.900. The number of halogens is 1. The maximum absolute atomic E-state index is 13.7. The molecular weight excluding hydrogens is 391 g/mol. The third-order valence-corrected chi connectivity index (χ3v) is 5.14. The molecule has 0 aliphatic heterocycles. The number of hydrogen-bond acceptors (Lipinski definition) is 4. The minimum atomic E-state index is -0.376. The smallest absolute Gasteiger partial charge is 0.169 e. The number of ketones is 1. The minimum Gasteiger partial charge on any atom is -0.457 e. The summed E-state index contributed by atoms with van der Waals surface area (Å²) in [5.41, 5.74) is 4.41. The predicted octanol–water partition coefficient (Wildman–Crippen LogP) is 6.12. The van der Waals surface area contributed by atoms with Crippen molar-refractivity contribution in [3.63, 3.8) is 0 Å². The van der Waals surface area contributed by atoms with Crippen molar-refractivity contribution in [3.05, 3.63) is 107 Å². The molecule has 0 N–H and O–H groups in total. The van der Waals surface area contributed by atoms with Crippen molar-refractivity contribution < 1.29 is 13.9 Å². The van der Waals surface area contributed by atoms with Gasteiger partial charge >= 0.3 is 0 Å². The number of aromatic nitrogens is 2. The SMILES string of the molecule is Cc1ccc(Oc2ccncc2)cc1-c1ccc(CC(=O)c2cccc(F)c2C)nc1. The summed E-state index contributed by atoms with van der Waals surface area (Å²) in [6.45, 7) is 3.64. The molecule has 2 heterocycles. The lowest BCUT2D eigenvalue weighted by molar-refractivity contribution is 0.0991. The Morgan fingerprint density at radius 2 is 1.77 bits per heavy atom. The van der Waals surface area contributed by atoms with Crippen LogP contribution in [0.3, 0.4) is 0 Å². The summed E-state index contributed by atoms with van der Waals surface area (Å²) in [5, 5.41) is 0. The maximum Gasteiger partial charge on any atom is 0.169 e. The van der Waals surface area contributed by atoms with E-state index in [9.17, 15) is 9.18 Å². The summed E-state index contributed by atoms with van der Waals surface area (Å²) in [6, 6.07) is 17.8. The zero-order chi connectivity index (χ0) is 21.8. The molecule has 0 saturated heterocycles. The van der Waals surface area contributed by atoms with E-state index >= 15 is 0 Å².